The second-order valence-corrected chi connectivity index (χ2v) is 5.96. The van der Waals surface area contributed by atoms with Crippen molar-refractivity contribution in [2.45, 2.75) is 32.6 Å². The van der Waals surface area contributed by atoms with Gasteiger partial charge in [-0.25, -0.2) is 0 Å². The summed E-state index contributed by atoms with van der Waals surface area (Å²) in [7, 11) is 1.64. The average molecular weight is 267 g/mol. The molecule has 3 nitrogen and oxygen atoms in total. The van der Waals surface area contributed by atoms with E-state index in [9.17, 15) is 4.79 Å². The molecule has 18 heavy (non-hydrogen) atoms. The Morgan fingerprint density at radius 2 is 2.44 bits per heavy atom. The summed E-state index contributed by atoms with van der Waals surface area (Å²) in [5.41, 5.74) is 1.40. The zero-order valence-corrected chi connectivity index (χ0v) is 11.9. The third-order valence-corrected chi connectivity index (χ3v) is 4.81. The first-order valence-corrected chi connectivity index (χ1v) is 7.45. The number of thiophene rings is 1. The van der Waals surface area contributed by atoms with Crippen LogP contribution < -0.4 is 5.32 Å². The molecule has 0 fully saturated rings. The lowest BCUT2D eigenvalue weighted by atomic mass is 9.87. The van der Waals surface area contributed by atoms with Crippen molar-refractivity contribution < 1.29 is 9.53 Å². The zero-order valence-electron chi connectivity index (χ0n) is 11.1. The van der Waals surface area contributed by atoms with E-state index in [4.69, 9.17) is 4.74 Å². The van der Waals surface area contributed by atoms with Gasteiger partial charge < -0.3 is 10.1 Å². The maximum atomic E-state index is 11.9. The molecule has 0 spiro atoms. The maximum Gasteiger partial charge on any atom is 0.261 e. The third-order valence-electron chi connectivity index (χ3n) is 3.58. The van der Waals surface area contributed by atoms with E-state index in [1.807, 2.05) is 0 Å². The number of carbonyl (C=O) groups excluding carboxylic acids is 1. The largest absolute Gasteiger partial charge is 0.383 e. The number of methoxy groups -OCH3 is 1. The molecule has 1 aliphatic rings. The van der Waals surface area contributed by atoms with Gasteiger partial charge in [0.15, 0.2) is 0 Å². The maximum absolute atomic E-state index is 11.9. The highest BCUT2D eigenvalue weighted by atomic mass is 32.1. The quantitative estimate of drug-likeness (QED) is 0.833. The Bertz CT molecular complexity index is 414. The lowest BCUT2D eigenvalue weighted by molar-refractivity contribution is 0.0941. The fourth-order valence-electron chi connectivity index (χ4n) is 2.41. The van der Waals surface area contributed by atoms with Crippen LogP contribution >= 0.6 is 11.3 Å². The van der Waals surface area contributed by atoms with E-state index < -0.39 is 0 Å². The van der Waals surface area contributed by atoms with Crippen LogP contribution in [0.1, 0.15) is 39.9 Å². The van der Waals surface area contributed by atoms with Crippen LogP contribution in [0.15, 0.2) is 6.07 Å². The molecule has 1 heterocycles. The Kier molecular flexibility index (Phi) is 4.78. The molecular formula is C14H21NO2S. The number of aryl methyl sites for hydroxylation is 1. The van der Waals surface area contributed by atoms with E-state index >= 15 is 0 Å². The molecule has 0 radical (unpaired) electrons. The van der Waals surface area contributed by atoms with Crippen molar-refractivity contribution in [1.29, 1.82) is 0 Å². The Hall–Kier alpha value is -0.870. The second kappa shape index (κ2) is 6.34. The van der Waals surface area contributed by atoms with Gasteiger partial charge in [0, 0.05) is 18.5 Å². The first-order chi connectivity index (χ1) is 8.74. The lowest BCUT2D eigenvalue weighted by Gasteiger charge is -2.19. The van der Waals surface area contributed by atoms with Crippen LogP contribution in [0.4, 0.5) is 0 Å². The Morgan fingerprint density at radius 1 is 1.61 bits per heavy atom. The lowest BCUT2D eigenvalue weighted by Crippen LogP contribution is -2.26. The standard InChI is InChI=1S/C14H21NO2S/c1-3-10-4-5-12-11(8-10)9-13(18-12)14(16)15-6-7-17-2/h9-10H,3-8H2,1-2H3,(H,15,16). The number of hydrogen-bond acceptors (Lipinski definition) is 3. The predicted molar refractivity (Wildman–Crippen MR) is 74.3 cm³/mol. The van der Waals surface area contributed by atoms with Crippen LogP contribution in [0.25, 0.3) is 0 Å². The number of amides is 1. The summed E-state index contributed by atoms with van der Waals surface area (Å²) >= 11 is 1.66. The van der Waals surface area contributed by atoms with E-state index in [2.05, 4.69) is 18.3 Å². The minimum absolute atomic E-state index is 0.0412. The first-order valence-electron chi connectivity index (χ1n) is 6.63. The molecule has 0 aliphatic heterocycles. The normalized spacial score (nSPS) is 18.4. The fraction of sp³-hybridized carbons (Fsp3) is 0.643. The minimum Gasteiger partial charge on any atom is -0.383 e. The number of fused-ring (bicyclic) bond motifs is 1. The molecule has 0 bridgehead atoms. The molecule has 1 unspecified atom stereocenters. The van der Waals surface area contributed by atoms with Crippen molar-refractivity contribution in [1.82, 2.24) is 5.32 Å². The van der Waals surface area contributed by atoms with Crippen molar-refractivity contribution in [3.8, 4) is 0 Å². The van der Waals surface area contributed by atoms with E-state index in [0.717, 1.165) is 23.6 Å². The van der Waals surface area contributed by atoms with Gasteiger partial charge in [0.25, 0.3) is 5.91 Å². The summed E-state index contributed by atoms with van der Waals surface area (Å²) in [5, 5.41) is 2.88. The van der Waals surface area contributed by atoms with Crippen LogP contribution in [0, 0.1) is 5.92 Å². The Balaban J connectivity index is 1.99. The molecule has 0 saturated carbocycles. The molecule has 1 amide bonds. The fourth-order valence-corrected chi connectivity index (χ4v) is 3.54. The third kappa shape index (κ3) is 3.12. The monoisotopic (exact) mass is 267 g/mol. The average Bonchev–Trinajstić information content (AvgIpc) is 2.81. The van der Waals surface area contributed by atoms with Gasteiger partial charge in [0.1, 0.15) is 0 Å². The number of hydrogen-bond donors (Lipinski definition) is 1. The van der Waals surface area contributed by atoms with Crippen LogP contribution in [-0.2, 0) is 17.6 Å². The zero-order chi connectivity index (χ0) is 13.0. The molecule has 4 heteroatoms. The SMILES string of the molecule is CCC1CCc2sc(C(=O)NCCOC)cc2C1. The van der Waals surface area contributed by atoms with E-state index in [0.29, 0.717) is 13.2 Å². The van der Waals surface area contributed by atoms with Gasteiger partial charge in [-0.2, -0.15) is 0 Å². The topological polar surface area (TPSA) is 38.3 Å². The molecule has 1 aromatic rings. The Morgan fingerprint density at radius 3 is 3.17 bits per heavy atom. The summed E-state index contributed by atoms with van der Waals surface area (Å²) in [6.07, 6.45) is 4.80. The van der Waals surface area contributed by atoms with Crippen LogP contribution in [0.3, 0.4) is 0 Å². The molecule has 0 aromatic carbocycles. The molecule has 100 valence electrons. The van der Waals surface area contributed by atoms with Crippen molar-refractivity contribution in [3.63, 3.8) is 0 Å². The van der Waals surface area contributed by atoms with Crippen molar-refractivity contribution >= 4 is 17.2 Å². The molecule has 1 N–H and O–H groups in total. The van der Waals surface area contributed by atoms with Gasteiger partial charge in [0.05, 0.1) is 11.5 Å². The summed E-state index contributed by atoms with van der Waals surface area (Å²) in [5.74, 6) is 0.844. The van der Waals surface area contributed by atoms with E-state index in [1.54, 1.807) is 18.4 Å². The molecule has 1 aromatic heterocycles. The minimum atomic E-state index is 0.0412. The molecule has 2 rings (SSSR count). The van der Waals surface area contributed by atoms with Gasteiger partial charge in [0.2, 0.25) is 0 Å². The van der Waals surface area contributed by atoms with Crippen LogP contribution in [0.5, 0.6) is 0 Å². The van der Waals surface area contributed by atoms with Crippen LogP contribution in [0.2, 0.25) is 0 Å². The van der Waals surface area contributed by atoms with Crippen molar-refractivity contribution in [2.75, 3.05) is 20.3 Å². The van der Waals surface area contributed by atoms with Gasteiger partial charge >= 0.3 is 0 Å². The van der Waals surface area contributed by atoms with Gasteiger partial charge in [-0.1, -0.05) is 13.3 Å². The predicted octanol–water partition coefficient (Wildman–Crippen LogP) is 2.64. The highest BCUT2D eigenvalue weighted by molar-refractivity contribution is 7.14. The van der Waals surface area contributed by atoms with Crippen LogP contribution in [-0.4, -0.2) is 26.2 Å². The number of carbonyl (C=O) groups is 1. The molecule has 1 atom stereocenters. The highest BCUT2D eigenvalue weighted by Gasteiger charge is 2.21. The highest BCUT2D eigenvalue weighted by Crippen LogP contribution is 2.33. The molecule has 1 aliphatic carbocycles. The number of ether oxygens (including phenoxy) is 1. The van der Waals surface area contributed by atoms with E-state index in [1.165, 1.54) is 23.3 Å². The van der Waals surface area contributed by atoms with Gasteiger partial charge in [-0.05, 0) is 36.8 Å². The van der Waals surface area contributed by atoms with Crippen molar-refractivity contribution in [3.05, 3.63) is 21.4 Å². The molecular weight excluding hydrogens is 246 g/mol. The number of rotatable bonds is 5. The summed E-state index contributed by atoms with van der Waals surface area (Å²) in [6, 6.07) is 2.09. The van der Waals surface area contributed by atoms with Crippen molar-refractivity contribution in [2.24, 2.45) is 5.92 Å². The first kappa shape index (κ1) is 13.6. The summed E-state index contributed by atoms with van der Waals surface area (Å²) < 4.78 is 4.93. The summed E-state index contributed by atoms with van der Waals surface area (Å²) in [4.78, 5) is 14.2. The van der Waals surface area contributed by atoms with Gasteiger partial charge in [-0.3, -0.25) is 4.79 Å². The van der Waals surface area contributed by atoms with Gasteiger partial charge in [-0.15, -0.1) is 11.3 Å². The molecule has 0 saturated heterocycles. The Labute approximate surface area is 113 Å². The number of nitrogens with one attached hydrogen (secondary N) is 1. The van der Waals surface area contributed by atoms with E-state index in [-0.39, 0.29) is 5.91 Å². The second-order valence-electron chi connectivity index (χ2n) is 4.82. The smallest absolute Gasteiger partial charge is 0.261 e. The summed E-state index contributed by atoms with van der Waals surface area (Å²) in [6.45, 7) is 3.39.